The van der Waals surface area contributed by atoms with E-state index in [1.165, 1.54) is 0 Å². The van der Waals surface area contributed by atoms with E-state index in [0.717, 1.165) is 6.92 Å². The fourth-order valence-corrected chi connectivity index (χ4v) is 0.123. The summed E-state index contributed by atoms with van der Waals surface area (Å²) in [6.07, 6.45) is 1.56. The van der Waals surface area contributed by atoms with Crippen LogP contribution in [-0.4, -0.2) is 22.2 Å². The Morgan fingerprint density at radius 3 is 1.45 bits per heavy atom. The molecule has 0 rings (SSSR count). The van der Waals surface area contributed by atoms with Crippen molar-refractivity contribution in [1.82, 2.24) is 0 Å². The summed E-state index contributed by atoms with van der Waals surface area (Å²) < 4.78 is 0. The van der Waals surface area contributed by atoms with Gasteiger partial charge in [-0.05, 0) is 13.8 Å². The predicted molar refractivity (Wildman–Crippen MR) is 40.4 cm³/mol. The van der Waals surface area contributed by atoms with Gasteiger partial charge in [-0.2, -0.15) is 0 Å². The number of allylic oxidation sites excluding steroid dienone is 1. The maximum atomic E-state index is 9.86. The summed E-state index contributed by atoms with van der Waals surface area (Å²) in [5.74, 6) is -1.68. The van der Waals surface area contributed by atoms with E-state index in [0.29, 0.717) is 5.57 Å². The zero-order chi connectivity index (χ0) is 9.44. The van der Waals surface area contributed by atoms with Gasteiger partial charge in [-0.15, -0.1) is 0 Å². The molecule has 0 amide bonds. The van der Waals surface area contributed by atoms with Gasteiger partial charge < -0.3 is 10.2 Å². The highest BCUT2D eigenvalue weighted by molar-refractivity contribution is 5.85. The molecule has 0 saturated carbocycles. The molecule has 0 saturated heterocycles. The summed E-state index contributed by atoms with van der Waals surface area (Å²) in [6.45, 7) is 4.34. The van der Waals surface area contributed by atoms with Gasteiger partial charge in [0.05, 0.1) is 0 Å². The highest BCUT2D eigenvalue weighted by Crippen LogP contribution is 1.87. The predicted octanol–water partition coefficient (Wildman–Crippen LogP) is 1.13. The maximum Gasteiger partial charge on any atom is 0.330 e. The van der Waals surface area contributed by atoms with Crippen LogP contribution in [0.1, 0.15) is 20.8 Å². The van der Waals surface area contributed by atoms with E-state index < -0.39 is 11.9 Å². The number of hydrogen-bond acceptors (Lipinski definition) is 2. The SMILES string of the molecule is C/C=C(/C)C(=O)O.CC(=O)O. The van der Waals surface area contributed by atoms with Crippen molar-refractivity contribution in [2.75, 3.05) is 0 Å². The van der Waals surface area contributed by atoms with Gasteiger partial charge in [-0.25, -0.2) is 4.79 Å². The number of rotatable bonds is 1. The van der Waals surface area contributed by atoms with Crippen LogP contribution in [0.5, 0.6) is 0 Å². The summed E-state index contributed by atoms with van der Waals surface area (Å²) in [4.78, 5) is 18.9. The molecule has 0 aromatic heterocycles. The third-order valence-corrected chi connectivity index (χ3v) is 0.770. The first kappa shape index (κ1) is 12.4. The second-order valence-electron chi connectivity index (χ2n) is 1.80. The summed E-state index contributed by atoms with van der Waals surface area (Å²) in [6, 6.07) is 0. The highest BCUT2D eigenvalue weighted by atomic mass is 16.4. The van der Waals surface area contributed by atoms with Gasteiger partial charge in [0.1, 0.15) is 0 Å². The molecule has 0 unspecified atom stereocenters. The molecule has 4 heteroatoms. The van der Waals surface area contributed by atoms with Crippen LogP contribution in [0.3, 0.4) is 0 Å². The lowest BCUT2D eigenvalue weighted by Crippen LogP contribution is -1.93. The van der Waals surface area contributed by atoms with Crippen molar-refractivity contribution in [2.24, 2.45) is 0 Å². The van der Waals surface area contributed by atoms with Crippen LogP contribution in [0.4, 0.5) is 0 Å². The Balaban J connectivity index is 0. The minimum Gasteiger partial charge on any atom is -0.481 e. The molecule has 0 aliphatic rings. The Morgan fingerprint density at radius 1 is 1.18 bits per heavy atom. The lowest BCUT2D eigenvalue weighted by atomic mass is 10.3. The van der Waals surface area contributed by atoms with Crippen LogP contribution in [0, 0.1) is 0 Å². The fourth-order valence-electron chi connectivity index (χ4n) is 0.123. The van der Waals surface area contributed by atoms with Gasteiger partial charge >= 0.3 is 5.97 Å². The molecule has 0 aromatic carbocycles. The van der Waals surface area contributed by atoms with Gasteiger partial charge in [-0.3, -0.25) is 4.79 Å². The highest BCUT2D eigenvalue weighted by Gasteiger charge is 1.93. The largest absolute Gasteiger partial charge is 0.481 e. The van der Waals surface area contributed by atoms with E-state index in [2.05, 4.69) is 0 Å². The third-order valence-electron chi connectivity index (χ3n) is 0.770. The summed E-state index contributed by atoms with van der Waals surface area (Å²) in [5.41, 5.74) is 0.389. The topological polar surface area (TPSA) is 74.6 Å². The van der Waals surface area contributed by atoms with Crippen molar-refractivity contribution >= 4 is 11.9 Å². The van der Waals surface area contributed by atoms with Crippen molar-refractivity contribution in [2.45, 2.75) is 20.8 Å². The van der Waals surface area contributed by atoms with Crippen molar-refractivity contribution in [3.63, 3.8) is 0 Å². The molecule has 0 spiro atoms. The molecular formula is C7H12O4. The van der Waals surface area contributed by atoms with E-state index in [1.807, 2.05) is 0 Å². The van der Waals surface area contributed by atoms with Crippen molar-refractivity contribution < 1.29 is 19.8 Å². The molecule has 0 aliphatic heterocycles. The summed E-state index contributed by atoms with van der Waals surface area (Å²) in [5, 5.41) is 15.5. The van der Waals surface area contributed by atoms with Gasteiger partial charge in [0.25, 0.3) is 5.97 Å². The molecule has 0 radical (unpaired) electrons. The minimum absolute atomic E-state index is 0.389. The quantitative estimate of drug-likeness (QED) is 0.564. The Morgan fingerprint density at radius 2 is 1.45 bits per heavy atom. The first-order chi connectivity index (χ1) is 4.91. The Kier molecular flexibility index (Phi) is 7.64. The second-order valence-corrected chi connectivity index (χ2v) is 1.80. The number of carboxylic acid groups (broad SMARTS) is 2. The molecule has 0 aliphatic carbocycles. The zero-order valence-corrected chi connectivity index (χ0v) is 6.79. The number of carboxylic acids is 2. The number of aliphatic carboxylic acids is 2. The van der Waals surface area contributed by atoms with E-state index in [9.17, 15) is 4.79 Å². The smallest absolute Gasteiger partial charge is 0.330 e. The summed E-state index contributed by atoms with van der Waals surface area (Å²) in [7, 11) is 0. The molecule has 0 bridgehead atoms. The molecule has 11 heavy (non-hydrogen) atoms. The average molecular weight is 160 g/mol. The monoisotopic (exact) mass is 160 g/mol. The normalized spacial score (nSPS) is 9.55. The molecule has 0 atom stereocenters. The number of carbonyl (C=O) groups is 2. The molecule has 0 heterocycles. The molecule has 0 aromatic rings. The zero-order valence-electron chi connectivity index (χ0n) is 6.79. The molecule has 4 nitrogen and oxygen atoms in total. The van der Waals surface area contributed by atoms with E-state index in [1.54, 1.807) is 19.9 Å². The first-order valence-electron chi connectivity index (χ1n) is 2.97. The van der Waals surface area contributed by atoms with Crippen LogP contribution in [0.25, 0.3) is 0 Å². The van der Waals surface area contributed by atoms with Gasteiger partial charge in [0.2, 0.25) is 0 Å². The van der Waals surface area contributed by atoms with E-state index in [4.69, 9.17) is 15.0 Å². The van der Waals surface area contributed by atoms with Gasteiger partial charge in [0, 0.05) is 12.5 Å². The minimum atomic E-state index is -0.845. The first-order valence-corrected chi connectivity index (χ1v) is 2.97. The maximum absolute atomic E-state index is 9.86. The van der Waals surface area contributed by atoms with Crippen LogP contribution < -0.4 is 0 Å². The van der Waals surface area contributed by atoms with Crippen LogP contribution in [0.15, 0.2) is 11.6 Å². The molecule has 0 fully saturated rings. The Labute approximate surface area is 65.2 Å². The molecular weight excluding hydrogens is 148 g/mol. The lowest BCUT2D eigenvalue weighted by Gasteiger charge is -1.84. The Hall–Kier alpha value is -1.32. The van der Waals surface area contributed by atoms with E-state index >= 15 is 0 Å². The van der Waals surface area contributed by atoms with Crippen molar-refractivity contribution in [1.29, 1.82) is 0 Å². The fraction of sp³-hybridized carbons (Fsp3) is 0.429. The standard InChI is InChI=1S/C5H8O2.C2H4O2/c1-3-4(2)5(6)7;1-2(3)4/h3H,1-2H3,(H,6,7);1H3,(H,3,4)/b4-3-;. The van der Waals surface area contributed by atoms with Crippen LogP contribution in [0.2, 0.25) is 0 Å². The molecule has 64 valence electrons. The lowest BCUT2D eigenvalue weighted by molar-refractivity contribution is -0.134. The van der Waals surface area contributed by atoms with Crippen LogP contribution >= 0.6 is 0 Å². The summed E-state index contributed by atoms with van der Waals surface area (Å²) >= 11 is 0. The van der Waals surface area contributed by atoms with E-state index in [-0.39, 0.29) is 0 Å². The average Bonchev–Trinajstić information content (AvgIpc) is 1.85. The number of hydrogen-bond donors (Lipinski definition) is 2. The van der Waals surface area contributed by atoms with Crippen molar-refractivity contribution in [3.8, 4) is 0 Å². The van der Waals surface area contributed by atoms with Gasteiger partial charge in [-0.1, -0.05) is 6.08 Å². The second kappa shape index (κ2) is 6.80. The Bertz CT molecular complexity index is 165. The molecule has 2 N–H and O–H groups in total. The van der Waals surface area contributed by atoms with Crippen molar-refractivity contribution in [3.05, 3.63) is 11.6 Å². The third kappa shape index (κ3) is 17.7. The van der Waals surface area contributed by atoms with Crippen LogP contribution in [-0.2, 0) is 9.59 Å². The van der Waals surface area contributed by atoms with Gasteiger partial charge in [0.15, 0.2) is 0 Å².